The van der Waals surface area contributed by atoms with Crippen LogP contribution in [-0.2, 0) is 11.3 Å². The summed E-state index contributed by atoms with van der Waals surface area (Å²) in [4.78, 5) is 30.2. The highest BCUT2D eigenvalue weighted by atomic mass is 16.5. The van der Waals surface area contributed by atoms with E-state index in [2.05, 4.69) is 53.3 Å². The van der Waals surface area contributed by atoms with Gasteiger partial charge in [-0.2, -0.15) is 0 Å². The molecule has 0 spiro atoms. The number of hydrogen-bond acceptors (Lipinski definition) is 3. The lowest BCUT2D eigenvalue weighted by molar-refractivity contribution is -0.134. The maximum atomic E-state index is 13.6. The topological polar surface area (TPSA) is 66.8 Å². The molecule has 1 aromatic heterocycles. The molecular formula is C28H34N4O3. The average Bonchev–Trinajstić information content (AvgIpc) is 3.34. The number of benzene rings is 2. The van der Waals surface area contributed by atoms with Crippen LogP contribution < -0.4 is 10.1 Å². The van der Waals surface area contributed by atoms with Crippen molar-refractivity contribution in [1.82, 2.24) is 14.4 Å². The van der Waals surface area contributed by atoms with Crippen molar-refractivity contribution in [1.29, 1.82) is 0 Å². The fraction of sp³-hybridized carbons (Fsp3) is 0.357. The van der Waals surface area contributed by atoms with E-state index in [1.807, 2.05) is 36.9 Å². The van der Waals surface area contributed by atoms with Gasteiger partial charge in [0.15, 0.2) is 0 Å². The lowest BCUT2D eigenvalue weighted by atomic mass is 9.98. The summed E-state index contributed by atoms with van der Waals surface area (Å²) < 4.78 is 7.67. The molecule has 1 aliphatic heterocycles. The zero-order valence-corrected chi connectivity index (χ0v) is 20.7. The van der Waals surface area contributed by atoms with Crippen LogP contribution in [0.4, 0.5) is 10.5 Å². The lowest BCUT2D eigenvalue weighted by Crippen LogP contribution is -2.48. The summed E-state index contributed by atoms with van der Waals surface area (Å²) in [5.41, 5.74) is 4.01. The Morgan fingerprint density at radius 3 is 2.46 bits per heavy atom. The number of nitrogens with one attached hydrogen (secondary N) is 1. The predicted octanol–water partition coefficient (Wildman–Crippen LogP) is 5.07. The normalized spacial score (nSPS) is 14.8. The molecule has 3 aromatic rings. The summed E-state index contributed by atoms with van der Waals surface area (Å²) >= 11 is 0. The minimum absolute atomic E-state index is 0.0276. The van der Waals surface area contributed by atoms with E-state index in [1.165, 1.54) is 5.56 Å². The van der Waals surface area contributed by atoms with Gasteiger partial charge in [0.2, 0.25) is 5.91 Å². The van der Waals surface area contributed by atoms with Crippen LogP contribution in [0.2, 0.25) is 0 Å². The summed E-state index contributed by atoms with van der Waals surface area (Å²) in [6, 6.07) is 19.2. The van der Waals surface area contributed by atoms with Gasteiger partial charge < -0.3 is 24.4 Å². The number of urea groups is 1. The van der Waals surface area contributed by atoms with E-state index in [0.717, 1.165) is 30.0 Å². The van der Waals surface area contributed by atoms with Gasteiger partial charge in [-0.05, 0) is 62.2 Å². The Morgan fingerprint density at radius 2 is 1.77 bits per heavy atom. The Labute approximate surface area is 207 Å². The molecule has 184 valence electrons. The van der Waals surface area contributed by atoms with E-state index in [0.29, 0.717) is 25.4 Å². The molecule has 2 heterocycles. The maximum absolute atomic E-state index is 13.6. The number of aromatic nitrogens is 1. The standard InChI is InChI=1S/C28H34N4O3/c1-4-16-31(28(34)29-23-12-14-24(15-13-23)35-5-2)20-26(33)32-19-18-30-17-6-7-25(30)27(32)22-10-8-21(3)9-11-22/h6-15,17,27H,4-5,16,18-20H2,1-3H3,(H,29,34)/t27-/m0/s1. The molecule has 2 aromatic carbocycles. The van der Waals surface area contributed by atoms with Crippen LogP contribution in [0.5, 0.6) is 5.75 Å². The molecular weight excluding hydrogens is 440 g/mol. The molecule has 3 amide bonds. The molecule has 0 unspecified atom stereocenters. The van der Waals surface area contributed by atoms with Crippen molar-refractivity contribution in [3.05, 3.63) is 83.7 Å². The van der Waals surface area contributed by atoms with E-state index in [-0.39, 0.29) is 24.5 Å². The number of aryl methyl sites for hydroxylation is 1. The Morgan fingerprint density at radius 1 is 1.03 bits per heavy atom. The smallest absolute Gasteiger partial charge is 0.322 e. The minimum Gasteiger partial charge on any atom is -0.494 e. The second-order valence-electron chi connectivity index (χ2n) is 8.84. The zero-order valence-electron chi connectivity index (χ0n) is 20.7. The molecule has 0 saturated carbocycles. The quantitative estimate of drug-likeness (QED) is 0.496. The third kappa shape index (κ3) is 5.67. The summed E-state index contributed by atoms with van der Waals surface area (Å²) in [6.07, 6.45) is 2.82. The number of carbonyl (C=O) groups is 2. The van der Waals surface area contributed by atoms with Crippen molar-refractivity contribution in [3.63, 3.8) is 0 Å². The first-order valence-electron chi connectivity index (χ1n) is 12.3. The first-order chi connectivity index (χ1) is 17.0. The summed E-state index contributed by atoms with van der Waals surface area (Å²) in [7, 11) is 0. The molecule has 35 heavy (non-hydrogen) atoms. The first kappa shape index (κ1) is 24.4. The Balaban J connectivity index is 1.50. The summed E-state index contributed by atoms with van der Waals surface area (Å²) in [5, 5.41) is 2.92. The number of carbonyl (C=O) groups excluding carboxylic acids is 2. The molecule has 0 radical (unpaired) electrons. The van der Waals surface area contributed by atoms with Crippen molar-refractivity contribution in [2.24, 2.45) is 0 Å². The van der Waals surface area contributed by atoms with Crippen molar-refractivity contribution in [3.8, 4) is 5.75 Å². The van der Waals surface area contributed by atoms with Gasteiger partial charge in [0, 0.05) is 37.2 Å². The molecule has 7 heteroatoms. The van der Waals surface area contributed by atoms with Gasteiger partial charge in [-0.25, -0.2) is 4.79 Å². The highest BCUT2D eigenvalue weighted by Crippen LogP contribution is 2.32. The van der Waals surface area contributed by atoms with Crippen LogP contribution in [0.1, 0.15) is 43.1 Å². The minimum atomic E-state index is -0.281. The van der Waals surface area contributed by atoms with Crippen molar-refractivity contribution in [2.45, 2.75) is 39.8 Å². The van der Waals surface area contributed by atoms with Crippen LogP contribution in [0.25, 0.3) is 0 Å². The van der Waals surface area contributed by atoms with Crippen LogP contribution in [0.15, 0.2) is 66.9 Å². The van der Waals surface area contributed by atoms with Crippen LogP contribution in [-0.4, -0.2) is 52.5 Å². The Bertz CT molecular complexity index is 1140. The highest BCUT2D eigenvalue weighted by molar-refractivity contribution is 5.92. The van der Waals surface area contributed by atoms with E-state index >= 15 is 0 Å². The van der Waals surface area contributed by atoms with Gasteiger partial charge in [-0.15, -0.1) is 0 Å². The molecule has 1 aliphatic rings. The molecule has 1 N–H and O–H groups in total. The number of fused-ring (bicyclic) bond motifs is 1. The number of rotatable bonds is 8. The van der Waals surface area contributed by atoms with Crippen molar-refractivity contribution >= 4 is 17.6 Å². The third-order valence-electron chi connectivity index (χ3n) is 6.28. The number of ether oxygens (including phenoxy) is 1. The molecule has 0 bridgehead atoms. The van der Waals surface area contributed by atoms with Gasteiger partial charge >= 0.3 is 6.03 Å². The van der Waals surface area contributed by atoms with Crippen LogP contribution in [0, 0.1) is 6.92 Å². The SMILES string of the molecule is CCCN(CC(=O)N1CCn2cccc2[C@@H]1c1ccc(C)cc1)C(=O)Nc1ccc(OCC)cc1. The Hall–Kier alpha value is -3.74. The van der Waals surface area contributed by atoms with Crippen LogP contribution in [0.3, 0.4) is 0 Å². The second kappa shape index (κ2) is 11.1. The molecule has 4 rings (SSSR count). The van der Waals surface area contributed by atoms with Crippen LogP contribution >= 0.6 is 0 Å². The molecule has 7 nitrogen and oxygen atoms in total. The monoisotopic (exact) mass is 474 g/mol. The van der Waals surface area contributed by atoms with Crippen molar-refractivity contribution in [2.75, 3.05) is 31.6 Å². The lowest BCUT2D eigenvalue weighted by Gasteiger charge is -2.38. The van der Waals surface area contributed by atoms with E-state index in [1.54, 1.807) is 17.0 Å². The number of anilines is 1. The van der Waals surface area contributed by atoms with Crippen molar-refractivity contribution < 1.29 is 14.3 Å². The highest BCUT2D eigenvalue weighted by Gasteiger charge is 2.33. The first-order valence-corrected chi connectivity index (χ1v) is 12.3. The Kier molecular flexibility index (Phi) is 7.75. The third-order valence-corrected chi connectivity index (χ3v) is 6.28. The average molecular weight is 475 g/mol. The van der Waals surface area contributed by atoms with E-state index in [9.17, 15) is 9.59 Å². The molecule has 1 atom stereocenters. The molecule has 0 saturated heterocycles. The predicted molar refractivity (Wildman–Crippen MR) is 138 cm³/mol. The van der Waals surface area contributed by atoms with Gasteiger partial charge in [-0.1, -0.05) is 36.8 Å². The largest absolute Gasteiger partial charge is 0.494 e. The fourth-order valence-corrected chi connectivity index (χ4v) is 4.53. The number of amides is 3. The molecule has 0 fully saturated rings. The second-order valence-corrected chi connectivity index (χ2v) is 8.84. The maximum Gasteiger partial charge on any atom is 0.322 e. The number of hydrogen-bond donors (Lipinski definition) is 1. The van der Waals surface area contributed by atoms with Gasteiger partial charge in [-0.3, -0.25) is 4.79 Å². The molecule has 0 aliphatic carbocycles. The summed E-state index contributed by atoms with van der Waals surface area (Å²) in [6.45, 7) is 8.43. The van der Waals surface area contributed by atoms with Gasteiger partial charge in [0.25, 0.3) is 0 Å². The number of nitrogens with zero attached hydrogens (tertiary/aromatic N) is 3. The van der Waals surface area contributed by atoms with Gasteiger partial charge in [0.1, 0.15) is 12.3 Å². The van der Waals surface area contributed by atoms with E-state index in [4.69, 9.17) is 4.74 Å². The summed E-state index contributed by atoms with van der Waals surface area (Å²) in [5.74, 6) is 0.696. The van der Waals surface area contributed by atoms with E-state index < -0.39 is 0 Å². The van der Waals surface area contributed by atoms with Gasteiger partial charge in [0.05, 0.1) is 12.6 Å². The fourth-order valence-electron chi connectivity index (χ4n) is 4.53. The zero-order chi connectivity index (χ0) is 24.8.